The largest absolute Gasteiger partial charge is 0.444 e. The first-order chi connectivity index (χ1) is 19.6. The van der Waals surface area contributed by atoms with Gasteiger partial charge in [-0.15, -0.1) is 9.32 Å². The summed E-state index contributed by atoms with van der Waals surface area (Å²) >= 11 is 1.04. The molecule has 220 valence electrons. The van der Waals surface area contributed by atoms with E-state index in [4.69, 9.17) is 15.0 Å². The van der Waals surface area contributed by atoms with Crippen LogP contribution in [0.5, 0.6) is 0 Å². The second-order valence-electron chi connectivity index (χ2n) is 12.7. The molecule has 41 heavy (non-hydrogen) atoms. The molecule has 5 aliphatic rings. The molecule has 0 spiro atoms. The lowest BCUT2D eigenvalue weighted by Gasteiger charge is -2.39. The number of carbonyl (C=O) groups excluding carboxylic acids is 3. The highest BCUT2D eigenvalue weighted by molar-refractivity contribution is 7.94. The number of benzene rings is 1. The van der Waals surface area contributed by atoms with Crippen molar-refractivity contribution in [2.45, 2.75) is 99.6 Å². The Kier molecular flexibility index (Phi) is 7.40. The van der Waals surface area contributed by atoms with Gasteiger partial charge >= 0.3 is 6.09 Å². The third-order valence-corrected chi connectivity index (χ3v) is 9.49. The summed E-state index contributed by atoms with van der Waals surface area (Å²) in [5, 5.41) is 12.4. The average Bonchev–Trinajstić information content (AvgIpc) is 3.24. The Bertz CT molecular complexity index is 1280. The fraction of sp³-hybridized carbons (Fsp3) is 0.643. The first-order valence-electron chi connectivity index (χ1n) is 14.2. The Morgan fingerprint density at radius 3 is 2.76 bits per heavy atom. The van der Waals surface area contributed by atoms with Gasteiger partial charge in [0, 0.05) is 30.1 Å². The van der Waals surface area contributed by atoms with Crippen molar-refractivity contribution in [1.82, 2.24) is 20.0 Å². The van der Waals surface area contributed by atoms with E-state index in [2.05, 4.69) is 16.4 Å². The highest BCUT2D eigenvalue weighted by Gasteiger charge is 2.57. The van der Waals surface area contributed by atoms with Crippen LogP contribution in [0.3, 0.4) is 0 Å². The molecule has 12 nitrogen and oxygen atoms in total. The summed E-state index contributed by atoms with van der Waals surface area (Å²) in [6.07, 6.45) is 3.27. The molecule has 3 heterocycles. The van der Waals surface area contributed by atoms with Crippen molar-refractivity contribution < 1.29 is 28.4 Å². The molecule has 3 N–H and O–H groups in total. The maximum absolute atomic E-state index is 13.8. The minimum absolute atomic E-state index is 0.00507. The van der Waals surface area contributed by atoms with E-state index in [-0.39, 0.29) is 42.5 Å². The smallest absolute Gasteiger partial charge is 0.408 e. The number of aryl methyl sites for hydroxylation is 1. The average molecular weight is 585 g/mol. The summed E-state index contributed by atoms with van der Waals surface area (Å²) in [6.45, 7) is 6.10. The van der Waals surface area contributed by atoms with Crippen molar-refractivity contribution in [2.24, 2.45) is 11.8 Å². The molecule has 4 fully saturated rings. The van der Waals surface area contributed by atoms with Gasteiger partial charge in [-0.3, -0.25) is 14.5 Å². The van der Waals surface area contributed by atoms with Crippen molar-refractivity contribution >= 4 is 30.0 Å². The Morgan fingerprint density at radius 2 is 2.05 bits per heavy atom. The highest BCUT2D eigenvalue weighted by Crippen LogP contribution is 2.48. The normalized spacial score (nSPS) is 30.7. The van der Waals surface area contributed by atoms with Gasteiger partial charge in [0.1, 0.15) is 17.7 Å². The molecule has 1 aromatic carbocycles. The van der Waals surface area contributed by atoms with Gasteiger partial charge in [0.05, 0.1) is 30.2 Å². The van der Waals surface area contributed by atoms with Gasteiger partial charge in [-0.25, -0.2) is 4.79 Å². The van der Waals surface area contributed by atoms with Crippen LogP contribution in [0.25, 0.3) is 0 Å². The van der Waals surface area contributed by atoms with Crippen molar-refractivity contribution in [2.75, 3.05) is 13.1 Å². The van der Waals surface area contributed by atoms with E-state index >= 15 is 0 Å². The lowest BCUT2D eigenvalue weighted by atomic mass is 10.1. The predicted molar refractivity (Wildman–Crippen MR) is 146 cm³/mol. The zero-order valence-electron chi connectivity index (χ0n) is 23.4. The van der Waals surface area contributed by atoms with Crippen molar-refractivity contribution in [3.8, 4) is 6.07 Å². The van der Waals surface area contributed by atoms with Gasteiger partial charge in [0.25, 0.3) is 0 Å². The van der Waals surface area contributed by atoms with Crippen LogP contribution in [0.1, 0.15) is 63.6 Å². The summed E-state index contributed by atoms with van der Waals surface area (Å²) in [5.41, 5.74) is 1.59. The molecule has 0 aromatic heterocycles. The second-order valence-corrected chi connectivity index (χ2v) is 13.4. The number of rotatable bonds is 8. The van der Waals surface area contributed by atoms with Crippen molar-refractivity contribution in [3.63, 3.8) is 0 Å². The summed E-state index contributed by atoms with van der Waals surface area (Å²) in [7, 11) is 0. The Labute approximate surface area is 243 Å². The van der Waals surface area contributed by atoms with Gasteiger partial charge in [-0.1, -0.05) is 6.07 Å². The molecule has 7 atom stereocenters. The second kappa shape index (κ2) is 10.7. The number of nitrogens with zero attached hydrogens (tertiary/aromatic N) is 4. The number of nitrogens with one attached hydrogen (secondary N) is 1. The molecule has 0 radical (unpaired) electrons. The van der Waals surface area contributed by atoms with Gasteiger partial charge in [0.15, 0.2) is 0 Å². The third kappa shape index (κ3) is 5.39. The molecular formula is C28H36N6O6S. The third-order valence-electron chi connectivity index (χ3n) is 8.89. The number of carbonyl (C=O) groups is 3. The summed E-state index contributed by atoms with van der Waals surface area (Å²) in [5.74, 6) is 5.08. The zero-order chi connectivity index (χ0) is 29.1. The fourth-order valence-corrected chi connectivity index (χ4v) is 7.64. The Hall–Kier alpha value is -2.89. The van der Waals surface area contributed by atoms with E-state index < -0.39 is 23.8 Å². The van der Waals surface area contributed by atoms with Crippen LogP contribution < -0.4 is 11.2 Å². The maximum Gasteiger partial charge on any atom is 0.408 e. The minimum Gasteiger partial charge on any atom is -0.444 e. The number of amides is 3. The molecule has 1 aromatic rings. The number of likely N-dealkylation sites (tertiary alicyclic amines) is 3. The number of hydrogen-bond acceptors (Lipinski definition) is 10. The fourth-order valence-electron chi connectivity index (χ4n) is 7.21. The molecule has 2 bridgehead atoms. The van der Waals surface area contributed by atoms with Crippen LogP contribution in [-0.4, -0.2) is 81.5 Å². The Morgan fingerprint density at radius 1 is 1.24 bits per heavy atom. The monoisotopic (exact) mass is 584 g/mol. The standard InChI is InChI=1S/C28H36N6O6S/c1-28(2,3)38-27(37)31-21(25(35)33-17(12-29)8-16-10-23(16)33)14-32-13-18-11-24(32)26(36)34(18)22-7-4-15-9-19(41-40-39-30)5-6-20(15)22/h5-6,9,16-18,21-24H,4,7-8,10-11,13-14,30H2,1-3H3,(H,31,37)/t16-,17+,18+,21+,22+,23+,24+/m1/s1. The van der Waals surface area contributed by atoms with E-state index in [0.29, 0.717) is 25.3 Å². The van der Waals surface area contributed by atoms with Crippen LogP contribution in [0, 0.1) is 17.2 Å². The van der Waals surface area contributed by atoms with E-state index in [1.165, 1.54) is 5.56 Å². The van der Waals surface area contributed by atoms with Crippen LogP contribution in [0.4, 0.5) is 4.79 Å². The van der Waals surface area contributed by atoms with Crippen LogP contribution in [0.15, 0.2) is 23.1 Å². The van der Waals surface area contributed by atoms with Gasteiger partial charge in [-0.2, -0.15) is 11.2 Å². The maximum atomic E-state index is 13.8. The van der Waals surface area contributed by atoms with E-state index in [1.807, 2.05) is 28.0 Å². The lowest BCUT2D eigenvalue weighted by molar-refractivity contribution is -0.195. The quantitative estimate of drug-likeness (QED) is 0.264. The first-order valence-corrected chi connectivity index (χ1v) is 14.9. The van der Waals surface area contributed by atoms with Crippen LogP contribution >= 0.6 is 12.0 Å². The van der Waals surface area contributed by atoms with Crippen LogP contribution in [-0.2, 0) is 30.1 Å². The van der Waals surface area contributed by atoms with Crippen molar-refractivity contribution in [3.05, 3.63) is 29.3 Å². The topological polar surface area (TPSA) is 150 Å². The number of hydrogen-bond donors (Lipinski definition) is 2. The number of nitrogens with two attached hydrogens (primary N) is 1. The van der Waals surface area contributed by atoms with Gasteiger partial charge in [0.2, 0.25) is 11.8 Å². The first kappa shape index (κ1) is 28.2. The summed E-state index contributed by atoms with van der Waals surface area (Å²) < 4.78 is 10.2. The molecule has 1 saturated carbocycles. The number of fused-ring (bicyclic) bond motifs is 4. The minimum atomic E-state index is -0.913. The number of piperidine rings is 1. The van der Waals surface area contributed by atoms with E-state index in [0.717, 1.165) is 41.8 Å². The summed E-state index contributed by atoms with van der Waals surface area (Å²) in [6, 6.07) is 6.59. The molecular weight excluding hydrogens is 548 g/mol. The van der Waals surface area contributed by atoms with E-state index in [1.54, 1.807) is 25.7 Å². The SMILES string of the molecule is CC(C)(C)OC(=O)N[C@@H](CN1C[C@@H]2C[C@H]1C(=O)N2[C@H]1CCc2cc(SOON)ccc21)C(=O)N1[C@H](C#N)C[C@@H]2C[C@@H]21. The van der Waals surface area contributed by atoms with Gasteiger partial charge in [-0.05, 0) is 82.1 Å². The number of piperazine rings is 1. The molecule has 3 aliphatic heterocycles. The number of ether oxygens (including phenoxy) is 1. The Balaban J connectivity index is 1.16. The lowest BCUT2D eigenvalue weighted by Crippen LogP contribution is -2.59. The molecule has 6 rings (SSSR count). The molecule has 2 aliphatic carbocycles. The highest BCUT2D eigenvalue weighted by atomic mass is 32.2. The van der Waals surface area contributed by atoms with Crippen LogP contribution in [0.2, 0.25) is 0 Å². The predicted octanol–water partition coefficient (Wildman–Crippen LogP) is 2.19. The van der Waals surface area contributed by atoms with E-state index in [9.17, 15) is 19.6 Å². The van der Waals surface area contributed by atoms with Crippen molar-refractivity contribution in [1.29, 1.82) is 5.26 Å². The number of nitriles is 1. The molecule has 0 unspecified atom stereocenters. The van der Waals surface area contributed by atoms with Gasteiger partial charge < -0.3 is 19.9 Å². The summed E-state index contributed by atoms with van der Waals surface area (Å²) in [4.78, 5) is 51.1. The molecule has 13 heteroatoms. The zero-order valence-corrected chi connectivity index (χ0v) is 24.3. The number of alkyl carbamates (subject to hydrolysis) is 1. The molecule has 3 amide bonds. The molecule has 3 saturated heterocycles.